The summed E-state index contributed by atoms with van der Waals surface area (Å²) < 4.78 is 5.52. The molecule has 0 aliphatic heterocycles. The van der Waals surface area contributed by atoms with Crippen LogP contribution in [0, 0.1) is 0 Å². The van der Waals surface area contributed by atoms with Crippen LogP contribution in [0.2, 0.25) is 0 Å². The lowest BCUT2D eigenvalue weighted by molar-refractivity contribution is 0.0690. The minimum atomic E-state index is -1.07. The second kappa shape index (κ2) is 6.01. The summed E-state index contributed by atoms with van der Waals surface area (Å²) in [6.45, 7) is 2.62. The number of rotatable bonds is 6. The zero-order valence-electron chi connectivity index (χ0n) is 12.2. The van der Waals surface area contributed by atoms with Gasteiger partial charge in [0.25, 0.3) is 0 Å². The topological polar surface area (TPSA) is 84.3 Å². The van der Waals surface area contributed by atoms with Crippen molar-refractivity contribution >= 4 is 11.8 Å². The molecule has 6 nitrogen and oxygen atoms in total. The monoisotopic (exact) mass is 299 g/mol. The van der Waals surface area contributed by atoms with Gasteiger partial charge in [-0.15, -0.1) is 0 Å². The van der Waals surface area contributed by atoms with Crippen LogP contribution in [0.3, 0.4) is 0 Å². The van der Waals surface area contributed by atoms with Crippen LogP contribution in [0.5, 0.6) is 5.75 Å². The normalized spacial score (nSPS) is 19.5. The first-order valence-electron chi connectivity index (χ1n) is 7.22. The number of anilines is 1. The number of carboxylic acid groups (broad SMARTS) is 1. The number of carbonyl (C=O) groups is 1. The molecule has 0 amide bonds. The van der Waals surface area contributed by atoms with Crippen molar-refractivity contribution in [3.05, 3.63) is 47.9 Å². The highest BCUT2D eigenvalue weighted by Gasteiger charge is 2.38. The van der Waals surface area contributed by atoms with Crippen LogP contribution in [0.4, 0.5) is 5.82 Å². The maximum absolute atomic E-state index is 10.7. The molecule has 0 spiro atoms. The van der Waals surface area contributed by atoms with Crippen LogP contribution in [0.25, 0.3) is 0 Å². The third kappa shape index (κ3) is 3.16. The maximum Gasteiger partial charge on any atom is 0.356 e. The molecule has 0 saturated heterocycles. The van der Waals surface area contributed by atoms with E-state index in [1.54, 1.807) is 0 Å². The van der Waals surface area contributed by atoms with Crippen molar-refractivity contribution in [1.29, 1.82) is 0 Å². The van der Waals surface area contributed by atoms with E-state index in [9.17, 15) is 4.79 Å². The van der Waals surface area contributed by atoms with E-state index in [4.69, 9.17) is 9.84 Å². The van der Waals surface area contributed by atoms with E-state index in [2.05, 4.69) is 27.4 Å². The van der Waals surface area contributed by atoms with Crippen molar-refractivity contribution in [2.45, 2.75) is 25.3 Å². The molecule has 22 heavy (non-hydrogen) atoms. The number of hydrogen-bond acceptors (Lipinski definition) is 5. The minimum Gasteiger partial charge on any atom is -0.494 e. The summed E-state index contributed by atoms with van der Waals surface area (Å²) in [5, 5.41) is 12.1. The first kappa shape index (κ1) is 14.3. The number of nitrogens with one attached hydrogen (secondary N) is 1. The van der Waals surface area contributed by atoms with Gasteiger partial charge in [0.1, 0.15) is 11.6 Å². The highest BCUT2D eigenvalue weighted by Crippen LogP contribution is 2.43. The first-order valence-corrected chi connectivity index (χ1v) is 7.22. The van der Waals surface area contributed by atoms with E-state index >= 15 is 0 Å². The molecule has 2 N–H and O–H groups in total. The zero-order chi connectivity index (χ0) is 15.5. The van der Waals surface area contributed by atoms with E-state index < -0.39 is 5.97 Å². The zero-order valence-corrected chi connectivity index (χ0v) is 12.2. The lowest BCUT2D eigenvalue weighted by atomic mass is 10.1. The van der Waals surface area contributed by atoms with Crippen molar-refractivity contribution in [2.75, 3.05) is 11.9 Å². The Labute approximate surface area is 128 Å². The van der Waals surface area contributed by atoms with E-state index in [1.807, 2.05) is 19.1 Å². The maximum atomic E-state index is 10.7. The smallest absolute Gasteiger partial charge is 0.356 e. The highest BCUT2D eigenvalue weighted by molar-refractivity contribution is 5.84. The second-order valence-electron chi connectivity index (χ2n) is 5.19. The third-order valence-corrected chi connectivity index (χ3v) is 3.59. The molecule has 1 aromatic heterocycles. The minimum absolute atomic E-state index is 0.0534. The fraction of sp³-hybridized carbons (Fsp3) is 0.312. The molecule has 0 bridgehead atoms. The number of hydrogen-bond donors (Lipinski definition) is 2. The van der Waals surface area contributed by atoms with Crippen molar-refractivity contribution in [3.8, 4) is 5.75 Å². The molecule has 0 radical (unpaired) electrons. The van der Waals surface area contributed by atoms with Gasteiger partial charge < -0.3 is 15.2 Å². The summed E-state index contributed by atoms with van der Waals surface area (Å²) in [7, 11) is 0. The fourth-order valence-electron chi connectivity index (χ4n) is 2.43. The molecule has 6 heteroatoms. The molecule has 1 heterocycles. The van der Waals surface area contributed by atoms with Gasteiger partial charge in [-0.05, 0) is 31.0 Å². The molecule has 1 fully saturated rings. The fourth-order valence-corrected chi connectivity index (χ4v) is 2.43. The molecule has 2 aromatic rings. The molecule has 114 valence electrons. The Balaban J connectivity index is 1.62. The van der Waals surface area contributed by atoms with Crippen LogP contribution >= 0.6 is 0 Å². The van der Waals surface area contributed by atoms with E-state index in [0.717, 1.165) is 12.2 Å². The second-order valence-corrected chi connectivity index (χ2v) is 5.19. The van der Waals surface area contributed by atoms with Gasteiger partial charge in [0, 0.05) is 12.0 Å². The van der Waals surface area contributed by atoms with Crippen LogP contribution in [-0.4, -0.2) is 33.7 Å². The van der Waals surface area contributed by atoms with Gasteiger partial charge in [-0.2, -0.15) is 0 Å². The molecule has 2 atom stereocenters. The lowest BCUT2D eigenvalue weighted by Gasteiger charge is -2.07. The summed E-state index contributed by atoms with van der Waals surface area (Å²) in [6, 6.07) is 8.40. The Morgan fingerprint density at radius 3 is 2.95 bits per heavy atom. The van der Waals surface area contributed by atoms with Crippen LogP contribution in [0.15, 0.2) is 36.7 Å². The standard InChI is InChI=1S/C16H17N3O3/c1-2-22-11-5-3-4-10(6-11)12-7-13(12)19-15-9-17-14(8-18-15)16(20)21/h3-6,8-9,12-13H,2,7H2,1H3,(H,18,19)(H,20,21)/t12-,13+/m0/s1. The Hall–Kier alpha value is -2.63. The summed E-state index contributed by atoms with van der Waals surface area (Å²) in [5.74, 6) is 0.826. The molecule has 1 aliphatic rings. The van der Waals surface area contributed by atoms with Gasteiger partial charge in [-0.3, -0.25) is 0 Å². The number of benzene rings is 1. The molecule has 1 aliphatic carbocycles. The number of nitrogens with zero attached hydrogens (tertiary/aromatic N) is 2. The van der Waals surface area contributed by atoms with Crippen LogP contribution < -0.4 is 10.1 Å². The van der Waals surface area contributed by atoms with Gasteiger partial charge in [-0.25, -0.2) is 14.8 Å². The van der Waals surface area contributed by atoms with E-state index in [0.29, 0.717) is 24.4 Å². The predicted molar refractivity (Wildman–Crippen MR) is 81.4 cm³/mol. The summed E-state index contributed by atoms with van der Waals surface area (Å²) in [6.07, 6.45) is 3.73. The van der Waals surface area contributed by atoms with Gasteiger partial charge in [0.05, 0.1) is 19.0 Å². The molecule has 3 rings (SSSR count). The Bertz CT molecular complexity index is 673. The Morgan fingerprint density at radius 1 is 1.41 bits per heavy atom. The predicted octanol–water partition coefficient (Wildman–Crippen LogP) is 2.54. The van der Waals surface area contributed by atoms with Gasteiger partial charge in [0.15, 0.2) is 5.69 Å². The first-order chi connectivity index (χ1) is 10.7. The van der Waals surface area contributed by atoms with Crippen molar-refractivity contribution in [1.82, 2.24) is 9.97 Å². The number of aromatic carboxylic acids is 1. The van der Waals surface area contributed by atoms with E-state index in [1.165, 1.54) is 18.0 Å². The highest BCUT2D eigenvalue weighted by atomic mass is 16.5. The van der Waals surface area contributed by atoms with Crippen LogP contribution in [-0.2, 0) is 0 Å². The van der Waals surface area contributed by atoms with Crippen molar-refractivity contribution < 1.29 is 14.6 Å². The summed E-state index contributed by atoms with van der Waals surface area (Å²) >= 11 is 0. The number of aromatic nitrogens is 2. The Kier molecular flexibility index (Phi) is 3.91. The average molecular weight is 299 g/mol. The van der Waals surface area contributed by atoms with Crippen molar-refractivity contribution in [3.63, 3.8) is 0 Å². The third-order valence-electron chi connectivity index (χ3n) is 3.59. The average Bonchev–Trinajstić information content (AvgIpc) is 3.28. The van der Waals surface area contributed by atoms with Gasteiger partial charge in [-0.1, -0.05) is 12.1 Å². The van der Waals surface area contributed by atoms with Crippen LogP contribution in [0.1, 0.15) is 35.3 Å². The quantitative estimate of drug-likeness (QED) is 0.852. The SMILES string of the molecule is CCOc1cccc([C@@H]2C[C@H]2Nc2cnc(C(=O)O)cn2)c1. The summed E-state index contributed by atoms with van der Waals surface area (Å²) in [4.78, 5) is 18.7. The van der Waals surface area contributed by atoms with Gasteiger partial charge in [0.2, 0.25) is 0 Å². The van der Waals surface area contributed by atoms with Gasteiger partial charge >= 0.3 is 5.97 Å². The van der Waals surface area contributed by atoms with E-state index in [-0.39, 0.29) is 5.69 Å². The number of ether oxygens (including phenoxy) is 1. The molecule has 1 saturated carbocycles. The number of carboxylic acids is 1. The lowest BCUT2D eigenvalue weighted by Crippen LogP contribution is -2.08. The summed E-state index contributed by atoms with van der Waals surface area (Å²) in [5.41, 5.74) is 1.18. The molecular formula is C16H17N3O3. The molecule has 1 aromatic carbocycles. The van der Waals surface area contributed by atoms with Crippen molar-refractivity contribution in [2.24, 2.45) is 0 Å². The Morgan fingerprint density at radius 2 is 2.27 bits per heavy atom. The molecule has 0 unspecified atom stereocenters. The largest absolute Gasteiger partial charge is 0.494 e. The molecular weight excluding hydrogens is 282 g/mol.